The highest BCUT2D eigenvalue weighted by molar-refractivity contribution is 5.75. The Morgan fingerprint density at radius 1 is 1.00 bits per heavy atom. The Kier molecular flexibility index (Phi) is 4.07. The SMILES string of the molecule is COc1cc(CN)cc(-c2ccc(C)cc2)c1OC. The average molecular weight is 257 g/mol. The Hall–Kier alpha value is -2.00. The molecule has 100 valence electrons. The van der Waals surface area contributed by atoms with Crippen LogP contribution in [-0.4, -0.2) is 14.2 Å². The number of benzene rings is 2. The molecule has 0 aromatic heterocycles. The van der Waals surface area contributed by atoms with Gasteiger partial charge in [-0.05, 0) is 30.2 Å². The summed E-state index contributed by atoms with van der Waals surface area (Å²) in [7, 11) is 3.29. The van der Waals surface area contributed by atoms with Crippen LogP contribution in [0.3, 0.4) is 0 Å². The zero-order valence-electron chi connectivity index (χ0n) is 11.6. The van der Waals surface area contributed by atoms with Crippen LogP contribution in [0, 0.1) is 6.92 Å². The van der Waals surface area contributed by atoms with Crippen LogP contribution in [-0.2, 0) is 6.54 Å². The van der Waals surface area contributed by atoms with E-state index in [0.717, 1.165) is 22.4 Å². The summed E-state index contributed by atoms with van der Waals surface area (Å²) < 4.78 is 10.9. The summed E-state index contributed by atoms with van der Waals surface area (Å²) in [6.45, 7) is 2.54. The lowest BCUT2D eigenvalue weighted by molar-refractivity contribution is 0.355. The molecule has 0 aliphatic rings. The van der Waals surface area contributed by atoms with Gasteiger partial charge in [0.2, 0.25) is 0 Å². The van der Waals surface area contributed by atoms with Gasteiger partial charge in [0.05, 0.1) is 14.2 Å². The summed E-state index contributed by atoms with van der Waals surface area (Å²) in [5, 5.41) is 0. The Morgan fingerprint density at radius 3 is 2.21 bits per heavy atom. The molecule has 0 unspecified atom stereocenters. The summed E-state index contributed by atoms with van der Waals surface area (Å²) in [4.78, 5) is 0. The summed E-state index contributed by atoms with van der Waals surface area (Å²) >= 11 is 0. The molecule has 2 aromatic carbocycles. The van der Waals surface area contributed by atoms with Crippen molar-refractivity contribution >= 4 is 0 Å². The van der Waals surface area contributed by atoms with Crippen molar-refractivity contribution in [3.8, 4) is 22.6 Å². The minimum absolute atomic E-state index is 0.471. The van der Waals surface area contributed by atoms with Crippen LogP contribution in [0.25, 0.3) is 11.1 Å². The number of ether oxygens (including phenoxy) is 2. The maximum atomic E-state index is 5.74. The fraction of sp³-hybridized carbons (Fsp3) is 0.250. The van der Waals surface area contributed by atoms with Crippen LogP contribution in [0.5, 0.6) is 11.5 Å². The molecule has 2 N–H and O–H groups in total. The van der Waals surface area contributed by atoms with Crippen LogP contribution in [0.2, 0.25) is 0 Å². The second-order valence-corrected chi connectivity index (χ2v) is 4.45. The molecule has 0 atom stereocenters. The standard InChI is InChI=1S/C16H19NO2/c1-11-4-6-13(7-5-11)14-8-12(10-17)9-15(18-2)16(14)19-3/h4-9H,10,17H2,1-3H3. The normalized spacial score (nSPS) is 10.3. The maximum Gasteiger partial charge on any atom is 0.168 e. The van der Waals surface area contributed by atoms with E-state index in [9.17, 15) is 0 Å². The lowest BCUT2D eigenvalue weighted by Crippen LogP contribution is -2.00. The second-order valence-electron chi connectivity index (χ2n) is 4.45. The highest BCUT2D eigenvalue weighted by Crippen LogP contribution is 2.39. The molecule has 0 bridgehead atoms. The smallest absolute Gasteiger partial charge is 0.168 e. The third-order valence-corrected chi connectivity index (χ3v) is 3.14. The molecule has 19 heavy (non-hydrogen) atoms. The number of hydrogen-bond acceptors (Lipinski definition) is 3. The maximum absolute atomic E-state index is 5.74. The first-order chi connectivity index (χ1) is 9.19. The van der Waals surface area contributed by atoms with Crippen molar-refractivity contribution in [2.75, 3.05) is 14.2 Å². The predicted molar refractivity (Wildman–Crippen MR) is 77.6 cm³/mol. The minimum Gasteiger partial charge on any atom is -0.493 e. The van der Waals surface area contributed by atoms with E-state index in [-0.39, 0.29) is 0 Å². The molecule has 0 fully saturated rings. The topological polar surface area (TPSA) is 44.5 Å². The lowest BCUT2D eigenvalue weighted by Gasteiger charge is -2.15. The molecule has 3 heteroatoms. The molecule has 0 radical (unpaired) electrons. The molecule has 0 saturated heterocycles. The Balaban J connectivity index is 2.62. The van der Waals surface area contributed by atoms with Gasteiger partial charge in [-0.3, -0.25) is 0 Å². The van der Waals surface area contributed by atoms with Crippen LogP contribution in [0.1, 0.15) is 11.1 Å². The molecule has 2 rings (SSSR count). The monoisotopic (exact) mass is 257 g/mol. The van der Waals surface area contributed by atoms with Crippen molar-refractivity contribution in [3.63, 3.8) is 0 Å². The quantitative estimate of drug-likeness (QED) is 0.915. The first-order valence-electron chi connectivity index (χ1n) is 6.21. The van der Waals surface area contributed by atoms with Crippen LogP contribution in [0.4, 0.5) is 0 Å². The van der Waals surface area contributed by atoms with Gasteiger partial charge < -0.3 is 15.2 Å². The van der Waals surface area contributed by atoms with E-state index in [0.29, 0.717) is 12.3 Å². The number of aryl methyl sites for hydroxylation is 1. The molecule has 0 amide bonds. The van der Waals surface area contributed by atoms with Crippen LogP contribution in [0.15, 0.2) is 36.4 Å². The molecule has 0 saturated carbocycles. The number of methoxy groups -OCH3 is 2. The second kappa shape index (κ2) is 5.76. The molecule has 2 aromatic rings. The third-order valence-electron chi connectivity index (χ3n) is 3.14. The highest BCUT2D eigenvalue weighted by atomic mass is 16.5. The van der Waals surface area contributed by atoms with Crippen LogP contribution < -0.4 is 15.2 Å². The fourth-order valence-corrected chi connectivity index (χ4v) is 2.09. The first-order valence-corrected chi connectivity index (χ1v) is 6.21. The molecule has 0 heterocycles. The number of rotatable bonds is 4. The van der Waals surface area contributed by atoms with Gasteiger partial charge in [0.15, 0.2) is 11.5 Å². The van der Waals surface area contributed by atoms with Gasteiger partial charge >= 0.3 is 0 Å². The number of nitrogens with two attached hydrogens (primary N) is 1. The van der Waals surface area contributed by atoms with E-state index in [4.69, 9.17) is 15.2 Å². The number of hydrogen-bond donors (Lipinski definition) is 1. The molecular weight excluding hydrogens is 238 g/mol. The van der Waals surface area contributed by atoms with Gasteiger partial charge in [-0.2, -0.15) is 0 Å². The van der Waals surface area contributed by atoms with Gasteiger partial charge in [0, 0.05) is 12.1 Å². The van der Waals surface area contributed by atoms with E-state index in [2.05, 4.69) is 31.2 Å². The van der Waals surface area contributed by atoms with E-state index in [1.54, 1.807) is 14.2 Å². The third kappa shape index (κ3) is 2.71. The van der Waals surface area contributed by atoms with E-state index < -0.39 is 0 Å². The molecule has 0 aliphatic carbocycles. The summed E-state index contributed by atoms with van der Waals surface area (Å²) in [6.07, 6.45) is 0. The molecule has 3 nitrogen and oxygen atoms in total. The van der Waals surface area contributed by atoms with Crippen molar-refractivity contribution in [3.05, 3.63) is 47.5 Å². The zero-order chi connectivity index (χ0) is 13.8. The summed E-state index contributed by atoms with van der Waals surface area (Å²) in [5.41, 5.74) is 10.1. The van der Waals surface area contributed by atoms with Gasteiger partial charge in [0.1, 0.15) is 0 Å². The summed E-state index contributed by atoms with van der Waals surface area (Å²) in [5.74, 6) is 1.45. The van der Waals surface area contributed by atoms with Gasteiger partial charge in [-0.1, -0.05) is 29.8 Å². The largest absolute Gasteiger partial charge is 0.493 e. The van der Waals surface area contributed by atoms with Gasteiger partial charge in [0.25, 0.3) is 0 Å². The van der Waals surface area contributed by atoms with Gasteiger partial charge in [-0.15, -0.1) is 0 Å². The zero-order valence-corrected chi connectivity index (χ0v) is 11.6. The average Bonchev–Trinajstić information content (AvgIpc) is 2.46. The Morgan fingerprint density at radius 2 is 1.68 bits per heavy atom. The van der Waals surface area contributed by atoms with E-state index >= 15 is 0 Å². The van der Waals surface area contributed by atoms with E-state index in [1.165, 1.54) is 5.56 Å². The fourth-order valence-electron chi connectivity index (χ4n) is 2.09. The van der Waals surface area contributed by atoms with E-state index in [1.807, 2.05) is 12.1 Å². The van der Waals surface area contributed by atoms with Crippen molar-refractivity contribution in [2.45, 2.75) is 13.5 Å². The lowest BCUT2D eigenvalue weighted by atomic mass is 10.00. The first kappa shape index (κ1) is 13.4. The van der Waals surface area contributed by atoms with Crippen molar-refractivity contribution in [2.24, 2.45) is 5.73 Å². The highest BCUT2D eigenvalue weighted by Gasteiger charge is 2.13. The van der Waals surface area contributed by atoms with Crippen molar-refractivity contribution in [1.29, 1.82) is 0 Å². The molecule has 0 spiro atoms. The molecule has 0 aliphatic heterocycles. The van der Waals surface area contributed by atoms with Crippen molar-refractivity contribution in [1.82, 2.24) is 0 Å². The van der Waals surface area contributed by atoms with Crippen LogP contribution >= 0.6 is 0 Å². The van der Waals surface area contributed by atoms with Crippen molar-refractivity contribution < 1.29 is 9.47 Å². The Labute approximate surface area is 114 Å². The molecular formula is C16H19NO2. The van der Waals surface area contributed by atoms with Gasteiger partial charge in [-0.25, -0.2) is 0 Å². The summed E-state index contributed by atoms with van der Waals surface area (Å²) in [6, 6.07) is 12.3. The predicted octanol–water partition coefficient (Wildman–Crippen LogP) is 3.14. The Bertz CT molecular complexity index is 562. The minimum atomic E-state index is 0.471.